The number of rotatable bonds is 7. The lowest BCUT2D eigenvalue weighted by molar-refractivity contribution is -0.116. The average Bonchev–Trinajstić information content (AvgIpc) is 2.58. The van der Waals surface area contributed by atoms with Gasteiger partial charge in [0.2, 0.25) is 15.9 Å². The fourth-order valence-electron chi connectivity index (χ4n) is 2.82. The molecule has 0 aliphatic rings. The van der Waals surface area contributed by atoms with E-state index in [1.54, 1.807) is 6.07 Å². The largest absolute Gasteiger partial charge is 0.326 e. The van der Waals surface area contributed by atoms with Crippen LogP contribution in [0.5, 0.6) is 0 Å². The molecular weight excluding hydrogens is 348 g/mol. The number of para-hydroxylation sites is 1. The predicted molar refractivity (Wildman–Crippen MR) is 107 cm³/mol. The van der Waals surface area contributed by atoms with Crippen LogP contribution in [-0.2, 0) is 21.2 Å². The molecule has 5 nitrogen and oxygen atoms in total. The Hall–Kier alpha value is -2.34. The van der Waals surface area contributed by atoms with Crippen molar-refractivity contribution in [2.24, 2.45) is 0 Å². The standard InChI is InChI=1S/C20H26N2O3S/c1-5-17-10-6-7-12-19(17)22(26(4,24)25)14-13-20(23)21-18-11-8-9-15(2)16(18)3/h6-12H,5,13-14H2,1-4H3,(H,21,23). The lowest BCUT2D eigenvalue weighted by atomic mass is 10.1. The number of carbonyl (C=O) groups excluding carboxylic acids is 1. The van der Waals surface area contributed by atoms with E-state index in [9.17, 15) is 13.2 Å². The molecule has 1 amide bonds. The maximum absolute atomic E-state index is 12.4. The van der Waals surface area contributed by atoms with Crippen LogP contribution in [-0.4, -0.2) is 27.1 Å². The summed E-state index contributed by atoms with van der Waals surface area (Å²) in [5.74, 6) is -0.207. The fourth-order valence-corrected chi connectivity index (χ4v) is 3.78. The number of hydrogen-bond acceptors (Lipinski definition) is 3. The van der Waals surface area contributed by atoms with Gasteiger partial charge in [-0.25, -0.2) is 8.42 Å². The number of hydrogen-bond donors (Lipinski definition) is 1. The Labute approximate surface area is 156 Å². The molecule has 0 unspecified atom stereocenters. The van der Waals surface area contributed by atoms with E-state index in [1.807, 2.05) is 57.2 Å². The summed E-state index contributed by atoms with van der Waals surface area (Å²) in [4.78, 5) is 12.4. The van der Waals surface area contributed by atoms with Gasteiger partial charge in [-0.1, -0.05) is 37.3 Å². The van der Waals surface area contributed by atoms with Gasteiger partial charge in [-0.15, -0.1) is 0 Å². The highest BCUT2D eigenvalue weighted by Crippen LogP contribution is 2.24. The molecule has 0 radical (unpaired) electrons. The first kappa shape index (κ1) is 20.0. The van der Waals surface area contributed by atoms with Crippen molar-refractivity contribution in [3.05, 3.63) is 59.2 Å². The lowest BCUT2D eigenvalue weighted by Crippen LogP contribution is -2.33. The summed E-state index contributed by atoms with van der Waals surface area (Å²) in [5, 5.41) is 2.88. The van der Waals surface area contributed by atoms with Crippen molar-refractivity contribution in [3.8, 4) is 0 Å². The zero-order chi connectivity index (χ0) is 19.3. The number of benzene rings is 2. The molecule has 2 aromatic carbocycles. The zero-order valence-corrected chi connectivity index (χ0v) is 16.6. The first-order chi connectivity index (χ1) is 12.2. The van der Waals surface area contributed by atoms with Crippen LogP contribution in [0, 0.1) is 13.8 Å². The minimum Gasteiger partial charge on any atom is -0.326 e. The van der Waals surface area contributed by atoms with Gasteiger partial charge in [0.15, 0.2) is 0 Å². The Balaban J connectivity index is 2.15. The van der Waals surface area contributed by atoms with Crippen molar-refractivity contribution >= 4 is 27.3 Å². The van der Waals surface area contributed by atoms with E-state index < -0.39 is 10.0 Å². The van der Waals surface area contributed by atoms with E-state index in [1.165, 1.54) is 10.6 Å². The number of anilines is 2. The smallest absolute Gasteiger partial charge is 0.232 e. The summed E-state index contributed by atoms with van der Waals surface area (Å²) in [6.45, 7) is 6.02. The number of carbonyl (C=O) groups is 1. The first-order valence-corrected chi connectivity index (χ1v) is 10.5. The molecule has 0 heterocycles. The molecule has 0 spiro atoms. The molecule has 6 heteroatoms. The Morgan fingerprint density at radius 2 is 1.77 bits per heavy atom. The van der Waals surface area contributed by atoms with Gasteiger partial charge < -0.3 is 5.32 Å². The second-order valence-corrected chi connectivity index (χ2v) is 8.27. The van der Waals surface area contributed by atoms with Crippen LogP contribution in [0.1, 0.15) is 30.0 Å². The van der Waals surface area contributed by atoms with E-state index in [0.717, 1.165) is 28.8 Å². The molecule has 0 aliphatic heterocycles. The topological polar surface area (TPSA) is 66.5 Å². The van der Waals surface area contributed by atoms with Crippen molar-refractivity contribution < 1.29 is 13.2 Å². The predicted octanol–water partition coefficient (Wildman–Crippen LogP) is 3.66. The van der Waals surface area contributed by atoms with Gasteiger partial charge >= 0.3 is 0 Å². The summed E-state index contributed by atoms with van der Waals surface area (Å²) in [7, 11) is -3.48. The van der Waals surface area contributed by atoms with Crippen molar-refractivity contribution in [2.45, 2.75) is 33.6 Å². The number of nitrogens with zero attached hydrogens (tertiary/aromatic N) is 1. The average molecular weight is 375 g/mol. The molecule has 26 heavy (non-hydrogen) atoms. The minimum atomic E-state index is -3.48. The maximum Gasteiger partial charge on any atom is 0.232 e. The highest BCUT2D eigenvalue weighted by atomic mass is 32.2. The number of aryl methyl sites for hydroxylation is 2. The lowest BCUT2D eigenvalue weighted by Gasteiger charge is -2.24. The van der Waals surface area contributed by atoms with Gasteiger partial charge in [-0.3, -0.25) is 9.10 Å². The van der Waals surface area contributed by atoms with Crippen LogP contribution in [0.4, 0.5) is 11.4 Å². The molecular formula is C20H26N2O3S. The molecule has 2 aromatic rings. The quantitative estimate of drug-likeness (QED) is 0.804. The van der Waals surface area contributed by atoms with E-state index in [4.69, 9.17) is 0 Å². The summed E-state index contributed by atoms with van der Waals surface area (Å²) < 4.78 is 25.8. The first-order valence-electron chi connectivity index (χ1n) is 8.65. The molecule has 0 saturated heterocycles. The molecule has 0 atom stereocenters. The normalized spacial score (nSPS) is 11.2. The Morgan fingerprint density at radius 1 is 1.08 bits per heavy atom. The molecule has 0 fully saturated rings. The highest BCUT2D eigenvalue weighted by Gasteiger charge is 2.20. The highest BCUT2D eigenvalue weighted by molar-refractivity contribution is 7.92. The van der Waals surface area contributed by atoms with Gasteiger partial charge in [-0.05, 0) is 49.1 Å². The molecule has 0 aromatic heterocycles. The fraction of sp³-hybridized carbons (Fsp3) is 0.350. The zero-order valence-electron chi connectivity index (χ0n) is 15.7. The third kappa shape index (κ3) is 4.85. The molecule has 0 aliphatic carbocycles. The molecule has 1 N–H and O–H groups in total. The Kier molecular flexibility index (Phi) is 6.42. The van der Waals surface area contributed by atoms with E-state index in [0.29, 0.717) is 5.69 Å². The monoisotopic (exact) mass is 374 g/mol. The second kappa shape index (κ2) is 8.36. The second-order valence-electron chi connectivity index (χ2n) is 6.36. The van der Waals surface area contributed by atoms with Crippen LogP contribution in [0.25, 0.3) is 0 Å². The summed E-state index contributed by atoms with van der Waals surface area (Å²) in [6.07, 6.45) is 1.97. The van der Waals surface area contributed by atoms with Gasteiger partial charge in [-0.2, -0.15) is 0 Å². The minimum absolute atomic E-state index is 0.0818. The SMILES string of the molecule is CCc1ccccc1N(CCC(=O)Nc1cccc(C)c1C)S(C)(=O)=O. The van der Waals surface area contributed by atoms with Crippen LogP contribution < -0.4 is 9.62 Å². The molecule has 0 saturated carbocycles. The van der Waals surface area contributed by atoms with Crippen molar-refractivity contribution in [3.63, 3.8) is 0 Å². The van der Waals surface area contributed by atoms with Gasteiger partial charge in [0, 0.05) is 18.7 Å². The summed E-state index contributed by atoms with van der Waals surface area (Å²) in [5.41, 5.74) is 4.44. The number of sulfonamides is 1. The van der Waals surface area contributed by atoms with Crippen molar-refractivity contribution in [1.82, 2.24) is 0 Å². The van der Waals surface area contributed by atoms with Crippen LogP contribution in [0.3, 0.4) is 0 Å². The van der Waals surface area contributed by atoms with Crippen molar-refractivity contribution in [1.29, 1.82) is 0 Å². The van der Waals surface area contributed by atoms with Crippen molar-refractivity contribution in [2.75, 3.05) is 22.4 Å². The van der Waals surface area contributed by atoms with Crippen LogP contribution in [0.15, 0.2) is 42.5 Å². The summed E-state index contributed by atoms with van der Waals surface area (Å²) >= 11 is 0. The third-order valence-electron chi connectivity index (χ3n) is 4.46. The Bertz CT molecular complexity index is 892. The maximum atomic E-state index is 12.4. The molecule has 2 rings (SSSR count). The van der Waals surface area contributed by atoms with Crippen LogP contribution >= 0.6 is 0 Å². The van der Waals surface area contributed by atoms with Gasteiger partial charge in [0.1, 0.15) is 0 Å². The van der Waals surface area contributed by atoms with Crippen LogP contribution in [0.2, 0.25) is 0 Å². The van der Waals surface area contributed by atoms with E-state index in [-0.39, 0.29) is 18.9 Å². The number of nitrogens with one attached hydrogen (secondary N) is 1. The van der Waals surface area contributed by atoms with E-state index in [2.05, 4.69) is 5.32 Å². The summed E-state index contributed by atoms with van der Waals surface area (Å²) in [6, 6.07) is 13.1. The Morgan fingerprint density at radius 3 is 2.42 bits per heavy atom. The van der Waals surface area contributed by atoms with Gasteiger partial charge in [0.05, 0.1) is 11.9 Å². The van der Waals surface area contributed by atoms with Gasteiger partial charge in [0.25, 0.3) is 0 Å². The third-order valence-corrected chi connectivity index (χ3v) is 5.64. The van der Waals surface area contributed by atoms with E-state index >= 15 is 0 Å². The number of amides is 1. The molecule has 0 bridgehead atoms. The molecule has 140 valence electrons.